The van der Waals surface area contributed by atoms with Crippen molar-refractivity contribution < 1.29 is 4.79 Å². The van der Waals surface area contributed by atoms with Crippen LogP contribution < -0.4 is 0 Å². The number of benzene rings is 1. The molecule has 1 aliphatic rings. The van der Waals surface area contributed by atoms with Gasteiger partial charge in [-0.05, 0) is 44.2 Å². The van der Waals surface area contributed by atoms with Gasteiger partial charge in [0.1, 0.15) is 0 Å². The first-order chi connectivity index (χ1) is 15.5. The summed E-state index contributed by atoms with van der Waals surface area (Å²) in [5.74, 6) is 0.384. The van der Waals surface area contributed by atoms with E-state index in [-0.39, 0.29) is 5.91 Å². The van der Waals surface area contributed by atoms with Gasteiger partial charge in [0.05, 0.1) is 40.4 Å². The second kappa shape index (κ2) is 8.27. The van der Waals surface area contributed by atoms with E-state index >= 15 is 0 Å². The molecule has 0 atom stereocenters. The Kier molecular flexibility index (Phi) is 5.30. The molecule has 0 saturated carbocycles. The summed E-state index contributed by atoms with van der Waals surface area (Å²) in [5, 5.41) is 7.43. The fourth-order valence-electron chi connectivity index (χ4n) is 4.18. The molecule has 0 radical (unpaired) electrons. The Morgan fingerprint density at radius 1 is 1.12 bits per heavy atom. The predicted octanol–water partition coefficient (Wildman–Crippen LogP) is 4.16. The maximum atomic E-state index is 13.1. The van der Waals surface area contributed by atoms with E-state index in [2.05, 4.69) is 33.3 Å². The number of rotatable bonds is 4. The molecule has 4 aromatic rings. The molecule has 0 saturated heterocycles. The van der Waals surface area contributed by atoms with Gasteiger partial charge in [-0.15, -0.1) is 11.3 Å². The number of hydrogen-bond donors (Lipinski definition) is 0. The van der Waals surface area contributed by atoms with Crippen molar-refractivity contribution in [1.29, 1.82) is 0 Å². The summed E-state index contributed by atoms with van der Waals surface area (Å²) < 4.78 is 1.65. The predicted molar refractivity (Wildman–Crippen MR) is 124 cm³/mol. The van der Waals surface area contributed by atoms with E-state index in [0.717, 1.165) is 52.5 Å². The van der Waals surface area contributed by atoms with Crippen LogP contribution in [0.3, 0.4) is 0 Å². The Balaban J connectivity index is 1.46. The van der Waals surface area contributed by atoms with Crippen molar-refractivity contribution in [1.82, 2.24) is 29.6 Å². The SMILES string of the molecule is Cc1nc(CN(C)C(=O)c2cnn(-c3ncc4c(n3)-c3ccccc3CCC4)c2C)cs1. The molecule has 1 aromatic carbocycles. The second-order valence-electron chi connectivity index (χ2n) is 8.13. The lowest BCUT2D eigenvalue weighted by Gasteiger charge is -2.15. The van der Waals surface area contributed by atoms with Crippen LogP contribution >= 0.6 is 11.3 Å². The lowest BCUT2D eigenvalue weighted by Crippen LogP contribution is -2.26. The van der Waals surface area contributed by atoms with E-state index in [0.29, 0.717) is 18.1 Å². The lowest BCUT2D eigenvalue weighted by atomic mass is 10.0. The van der Waals surface area contributed by atoms with E-state index in [9.17, 15) is 4.79 Å². The van der Waals surface area contributed by atoms with Gasteiger partial charge in [0.15, 0.2) is 0 Å². The number of aromatic nitrogens is 5. The molecule has 5 rings (SSSR count). The summed E-state index contributed by atoms with van der Waals surface area (Å²) in [6.45, 7) is 4.30. The number of amides is 1. The average Bonchev–Trinajstić information content (AvgIpc) is 3.33. The van der Waals surface area contributed by atoms with Crippen LogP contribution in [0.1, 0.15) is 44.3 Å². The van der Waals surface area contributed by atoms with Crippen LogP contribution in [-0.2, 0) is 19.4 Å². The Labute approximate surface area is 190 Å². The summed E-state index contributed by atoms with van der Waals surface area (Å²) in [5.41, 5.74) is 6.73. The van der Waals surface area contributed by atoms with Gasteiger partial charge >= 0.3 is 0 Å². The molecule has 0 fully saturated rings. The zero-order chi connectivity index (χ0) is 22.2. The molecule has 162 valence electrons. The quantitative estimate of drug-likeness (QED) is 0.472. The van der Waals surface area contributed by atoms with Crippen LogP contribution in [0.2, 0.25) is 0 Å². The molecular formula is C24H24N6OS. The van der Waals surface area contributed by atoms with Crippen LogP contribution in [0.4, 0.5) is 0 Å². The van der Waals surface area contributed by atoms with Crippen molar-refractivity contribution in [3.63, 3.8) is 0 Å². The molecule has 1 amide bonds. The van der Waals surface area contributed by atoms with Crippen LogP contribution in [0.5, 0.6) is 0 Å². The average molecular weight is 445 g/mol. The Morgan fingerprint density at radius 3 is 2.75 bits per heavy atom. The maximum absolute atomic E-state index is 13.1. The van der Waals surface area contributed by atoms with E-state index < -0.39 is 0 Å². The number of fused-ring (bicyclic) bond motifs is 3. The highest BCUT2D eigenvalue weighted by Crippen LogP contribution is 2.31. The minimum absolute atomic E-state index is 0.0977. The Bertz CT molecular complexity index is 1310. The van der Waals surface area contributed by atoms with E-state index in [1.165, 1.54) is 5.56 Å². The van der Waals surface area contributed by atoms with Gasteiger partial charge in [0, 0.05) is 24.2 Å². The fourth-order valence-corrected chi connectivity index (χ4v) is 4.78. The first-order valence-corrected chi connectivity index (χ1v) is 11.5. The molecule has 0 unspecified atom stereocenters. The summed E-state index contributed by atoms with van der Waals surface area (Å²) in [6.07, 6.45) is 6.57. The normalized spacial score (nSPS) is 12.7. The van der Waals surface area contributed by atoms with E-state index in [1.807, 2.05) is 31.5 Å². The van der Waals surface area contributed by atoms with Gasteiger partial charge in [-0.2, -0.15) is 5.10 Å². The van der Waals surface area contributed by atoms with Crippen molar-refractivity contribution in [3.05, 3.63) is 75.1 Å². The van der Waals surface area contributed by atoms with Crippen molar-refractivity contribution >= 4 is 17.2 Å². The standard InChI is InChI=1S/C24H24N6OS/c1-15-21(23(31)29(3)13-19-14-32-16(2)27-19)12-26-30(15)24-25-11-18-9-6-8-17-7-4-5-10-20(17)22(18)28-24/h4-5,7,10-12,14H,6,8-9,13H2,1-3H3. The van der Waals surface area contributed by atoms with Crippen molar-refractivity contribution in [2.45, 2.75) is 39.7 Å². The molecule has 7 nitrogen and oxygen atoms in total. The highest BCUT2D eigenvalue weighted by atomic mass is 32.1. The second-order valence-corrected chi connectivity index (χ2v) is 9.19. The van der Waals surface area contributed by atoms with Gasteiger partial charge < -0.3 is 4.90 Å². The molecule has 0 bridgehead atoms. The smallest absolute Gasteiger partial charge is 0.257 e. The molecule has 0 aliphatic heterocycles. The topological polar surface area (TPSA) is 76.8 Å². The molecule has 1 aliphatic carbocycles. The number of hydrogen-bond acceptors (Lipinski definition) is 6. The van der Waals surface area contributed by atoms with Gasteiger partial charge in [0.25, 0.3) is 11.9 Å². The Morgan fingerprint density at radius 2 is 1.94 bits per heavy atom. The number of aryl methyl sites for hydroxylation is 3. The monoisotopic (exact) mass is 444 g/mol. The van der Waals surface area contributed by atoms with Gasteiger partial charge in [-0.3, -0.25) is 4.79 Å². The highest BCUT2D eigenvalue weighted by molar-refractivity contribution is 7.09. The summed E-state index contributed by atoms with van der Waals surface area (Å²) >= 11 is 1.58. The van der Waals surface area contributed by atoms with E-state index in [4.69, 9.17) is 4.98 Å². The Hall–Kier alpha value is -3.39. The third kappa shape index (κ3) is 3.71. The van der Waals surface area contributed by atoms with Gasteiger partial charge in [-0.25, -0.2) is 19.6 Å². The van der Waals surface area contributed by atoms with Crippen LogP contribution in [-0.4, -0.2) is 42.6 Å². The third-order valence-corrected chi connectivity index (χ3v) is 6.68. The van der Waals surface area contributed by atoms with Crippen molar-refractivity contribution in [2.75, 3.05) is 7.05 Å². The molecule has 3 heterocycles. The molecule has 3 aromatic heterocycles. The summed E-state index contributed by atoms with van der Waals surface area (Å²) in [6, 6.07) is 8.41. The maximum Gasteiger partial charge on any atom is 0.257 e. The van der Waals surface area contributed by atoms with Gasteiger partial charge in [0.2, 0.25) is 0 Å². The van der Waals surface area contributed by atoms with Crippen LogP contribution in [0, 0.1) is 13.8 Å². The van der Waals surface area contributed by atoms with E-state index in [1.54, 1.807) is 34.2 Å². The fraction of sp³-hybridized carbons (Fsp3) is 0.292. The van der Waals surface area contributed by atoms with Gasteiger partial charge in [-0.1, -0.05) is 24.3 Å². The molecule has 8 heteroatoms. The van der Waals surface area contributed by atoms with Crippen molar-refractivity contribution in [2.24, 2.45) is 0 Å². The third-order valence-electron chi connectivity index (χ3n) is 5.86. The zero-order valence-corrected chi connectivity index (χ0v) is 19.2. The molecular weight excluding hydrogens is 420 g/mol. The number of carbonyl (C=O) groups excluding carboxylic acids is 1. The number of nitrogens with zero attached hydrogens (tertiary/aromatic N) is 6. The largest absolute Gasteiger partial charge is 0.336 e. The molecule has 0 spiro atoms. The summed E-state index contributed by atoms with van der Waals surface area (Å²) in [4.78, 5) is 28.7. The lowest BCUT2D eigenvalue weighted by molar-refractivity contribution is 0.0783. The van der Waals surface area contributed by atoms with Crippen LogP contribution in [0.25, 0.3) is 17.2 Å². The minimum atomic E-state index is -0.0977. The highest BCUT2D eigenvalue weighted by Gasteiger charge is 2.22. The minimum Gasteiger partial charge on any atom is -0.336 e. The molecule has 32 heavy (non-hydrogen) atoms. The summed E-state index contributed by atoms with van der Waals surface area (Å²) in [7, 11) is 1.78. The first-order valence-electron chi connectivity index (χ1n) is 10.7. The molecule has 0 N–H and O–H groups in total. The first kappa shape index (κ1) is 20.5. The van der Waals surface area contributed by atoms with Crippen molar-refractivity contribution in [3.8, 4) is 17.2 Å². The van der Waals surface area contributed by atoms with Crippen LogP contribution in [0.15, 0.2) is 42.0 Å². The number of thiazole rings is 1. The zero-order valence-electron chi connectivity index (χ0n) is 18.4. The number of carbonyl (C=O) groups is 1.